The minimum absolute atomic E-state index is 0.194. The second-order valence-corrected chi connectivity index (χ2v) is 4.03. The molecular weight excluding hydrogens is 203 g/mol. The predicted molar refractivity (Wildman–Crippen MR) is 62.9 cm³/mol. The standard InChI is InChI=1S/C14H13FO/c1-10(16)2-3-11-4-5-13-9-14(15)7-6-12(13)8-11/h4-9H,2-3H2,1H3. The maximum Gasteiger partial charge on any atom is 0.130 e. The predicted octanol–water partition coefficient (Wildman–Crippen LogP) is 3.50. The zero-order valence-electron chi connectivity index (χ0n) is 9.16. The summed E-state index contributed by atoms with van der Waals surface area (Å²) in [4.78, 5) is 10.9. The Morgan fingerprint density at radius 1 is 1.12 bits per heavy atom. The van der Waals surface area contributed by atoms with E-state index in [1.54, 1.807) is 13.0 Å². The van der Waals surface area contributed by atoms with Crippen molar-refractivity contribution in [1.82, 2.24) is 0 Å². The zero-order chi connectivity index (χ0) is 11.5. The van der Waals surface area contributed by atoms with E-state index in [0.717, 1.165) is 22.8 Å². The highest BCUT2D eigenvalue weighted by molar-refractivity contribution is 5.83. The SMILES string of the molecule is CC(=O)CCc1ccc2cc(F)ccc2c1. The molecule has 16 heavy (non-hydrogen) atoms. The molecule has 0 amide bonds. The lowest BCUT2D eigenvalue weighted by Crippen LogP contribution is -1.93. The molecule has 0 saturated heterocycles. The Morgan fingerprint density at radius 2 is 1.81 bits per heavy atom. The summed E-state index contributed by atoms with van der Waals surface area (Å²) in [6, 6.07) is 10.6. The minimum atomic E-state index is -0.219. The largest absolute Gasteiger partial charge is 0.300 e. The van der Waals surface area contributed by atoms with Crippen molar-refractivity contribution < 1.29 is 9.18 Å². The van der Waals surface area contributed by atoms with Gasteiger partial charge < -0.3 is 4.79 Å². The number of aryl methyl sites for hydroxylation is 1. The molecule has 82 valence electrons. The van der Waals surface area contributed by atoms with E-state index in [-0.39, 0.29) is 11.6 Å². The third-order valence-corrected chi connectivity index (χ3v) is 2.63. The van der Waals surface area contributed by atoms with Crippen molar-refractivity contribution in [3.05, 3.63) is 47.8 Å². The topological polar surface area (TPSA) is 17.1 Å². The highest BCUT2D eigenvalue weighted by atomic mass is 19.1. The molecule has 2 aromatic carbocycles. The molecule has 1 nitrogen and oxygen atoms in total. The zero-order valence-corrected chi connectivity index (χ0v) is 9.16. The summed E-state index contributed by atoms with van der Waals surface area (Å²) in [6.07, 6.45) is 1.31. The van der Waals surface area contributed by atoms with E-state index in [1.165, 1.54) is 12.1 Å². The van der Waals surface area contributed by atoms with Crippen molar-refractivity contribution in [1.29, 1.82) is 0 Å². The van der Waals surface area contributed by atoms with Gasteiger partial charge in [0.2, 0.25) is 0 Å². The van der Waals surface area contributed by atoms with Gasteiger partial charge in [0.25, 0.3) is 0 Å². The van der Waals surface area contributed by atoms with Crippen LogP contribution in [0.5, 0.6) is 0 Å². The molecular formula is C14H13FO. The molecule has 0 bridgehead atoms. The van der Waals surface area contributed by atoms with Gasteiger partial charge in [-0.15, -0.1) is 0 Å². The van der Waals surface area contributed by atoms with E-state index < -0.39 is 0 Å². The average molecular weight is 216 g/mol. The lowest BCUT2D eigenvalue weighted by Gasteiger charge is -2.02. The second kappa shape index (κ2) is 4.44. The monoisotopic (exact) mass is 216 g/mol. The van der Waals surface area contributed by atoms with Crippen molar-refractivity contribution in [3.63, 3.8) is 0 Å². The first-order valence-corrected chi connectivity index (χ1v) is 5.33. The fraction of sp³-hybridized carbons (Fsp3) is 0.214. The van der Waals surface area contributed by atoms with Gasteiger partial charge >= 0.3 is 0 Å². The highest BCUT2D eigenvalue weighted by Gasteiger charge is 2.00. The van der Waals surface area contributed by atoms with Crippen LogP contribution >= 0.6 is 0 Å². The molecule has 0 fully saturated rings. The maximum absolute atomic E-state index is 12.9. The lowest BCUT2D eigenvalue weighted by atomic mass is 10.0. The van der Waals surface area contributed by atoms with E-state index in [4.69, 9.17) is 0 Å². The number of carbonyl (C=O) groups is 1. The summed E-state index contributed by atoms with van der Waals surface area (Å²) in [5, 5.41) is 1.91. The second-order valence-electron chi connectivity index (χ2n) is 4.03. The third-order valence-electron chi connectivity index (χ3n) is 2.63. The van der Waals surface area contributed by atoms with E-state index in [1.807, 2.05) is 18.2 Å². The molecule has 2 aromatic rings. The van der Waals surface area contributed by atoms with Crippen molar-refractivity contribution in [2.45, 2.75) is 19.8 Å². The van der Waals surface area contributed by atoms with Gasteiger partial charge in [0.1, 0.15) is 11.6 Å². The fourth-order valence-electron chi connectivity index (χ4n) is 1.74. The Kier molecular flexibility index (Phi) is 3.00. The van der Waals surface area contributed by atoms with Gasteiger partial charge in [0, 0.05) is 6.42 Å². The van der Waals surface area contributed by atoms with E-state index >= 15 is 0 Å². The molecule has 0 aliphatic heterocycles. The Balaban J connectivity index is 2.30. The average Bonchev–Trinajstić information content (AvgIpc) is 2.26. The molecule has 0 N–H and O–H groups in total. The molecule has 0 unspecified atom stereocenters. The number of ketones is 1. The van der Waals surface area contributed by atoms with Crippen molar-refractivity contribution in [2.24, 2.45) is 0 Å². The summed E-state index contributed by atoms with van der Waals surface area (Å²) in [6.45, 7) is 1.59. The molecule has 2 heteroatoms. The summed E-state index contributed by atoms with van der Waals surface area (Å²) >= 11 is 0. The highest BCUT2D eigenvalue weighted by Crippen LogP contribution is 2.18. The normalized spacial score (nSPS) is 10.6. The fourth-order valence-corrected chi connectivity index (χ4v) is 1.74. The summed E-state index contributed by atoms with van der Waals surface area (Å²) in [5.41, 5.74) is 1.12. The minimum Gasteiger partial charge on any atom is -0.300 e. The quantitative estimate of drug-likeness (QED) is 0.767. The Morgan fingerprint density at radius 3 is 2.56 bits per heavy atom. The number of benzene rings is 2. The van der Waals surface area contributed by atoms with Crippen LogP contribution in [-0.2, 0) is 11.2 Å². The maximum atomic E-state index is 12.9. The van der Waals surface area contributed by atoms with E-state index in [9.17, 15) is 9.18 Å². The molecule has 0 aromatic heterocycles. The number of carbonyl (C=O) groups excluding carboxylic acids is 1. The van der Waals surface area contributed by atoms with Crippen LogP contribution in [0.15, 0.2) is 36.4 Å². The summed E-state index contributed by atoms with van der Waals surface area (Å²) in [5.74, 6) is -0.0248. The first kappa shape index (κ1) is 10.8. The Hall–Kier alpha value is -1.70. The number of hydrogen-bond acceptors (Lipinski definition) is 1. The Labute approximate surface area is 93.9 Å². The van der Waals surface area contributed by atoms with Crippen LogP contribution in [0.3, 0.4) is 0 Å². The van der Waals surface area contributed by atoms with Crippen molar-refractivity contribution in [3.8, 4) is 0 Å². The summed E-state index contributed by atoms with van der Waals surface area (Å²) < 4.78 is 12.9. The molecule has 0 aliphatic carbocycles. The van der Waals surface area contributed by atoms with Gasteiger partial charge in [-0.05, 0) is 41.8 Å². The number of fused-ring (bicyclic) bond motifs is 1. The van der Waals surface area contributed by atoms with Crippen LogP contribution in [0.1, 0.15) is 18.9 Å². The third kappa shape index (κ3) is 2.45. The molecule has 0 aliphatic rings. The Bertz CT molecular complexity index is 531. The van der Waals surface area contributed by atoms with Gasteiger partial charge in [0.15, 0.2) is 0 Å². The smallest absolute Gasteiger partial charge is 0.130 e. The lowest BCUT2D eigenvalue weighted by molar-refractivity contribution is -0.116. The van der Waals surface area contributed by atoms with E-state index in [2.05, 4.69) is 0 Å². The first-order chi connectivity index (χ1) is 7.65. The summed E-state index contributed by atoms with van der Waals surface area (Å²) in [7, 11) is 0. The molecule has 0 spiro atoms. The molecule has 0 saturated carbocycles. The van der Waals surface area contributed by atoms with Crippen LogP contribution in [0.2, 0.25) is 0 Å². The van der Waals surface area contributed by atoms with Crippen LogP contribution in [0.4, 0.5) is 4.39 Å². The molecule has 0 heterocycles. The van der Waals surface area contributed by atoms with Crippen LogP contribution in [-0.4, -0.2) is 5.78 Å². The van der Waals surface area contributed by atoms with Gasteiger partial charge in [0.05, 0.1) is 0 Å². The van der Waals surface area contributed by atoms with Crippen LogP contribution in [0, 0.1) is 5.82 Å². The van der Waals surface area contributed by atoms with Crippen LogP contribution < -0.4 is 0 Å². The van der Waals surface area contributed by atoms with Crippen molar-refractivity contribution >= 4 is 16.6 Å². The molecule has 0 atom stereocenters. The number of rotatable bonds is 3. The van der Waals surface area contributed by atoms with E-state index in [0.29, 0.717) is 6.42 Å². The number of hydrogen-bond donors (Lipinski definition) is 0. The van der Waals surface area contributed by atoms with Gasteiger partial charge in [-0.2, -0.15) is 0 Å². The molecule has 0 radical (unpaired) electrons. The molecule has 2 rings (SSSR count). The van der Waals surface area contributed by atoms with Gasteiger partial charge in [-0.1, -0.05) is 24.3 Å². The van der Waals surface area contributed by atoms with Gasteiger partial charge in [-0.3, -0.25) is 0 Å². The van der Waals surface area contributed by atoms with Crippen LogP contribution in [0.25, 0.3) is 10.8 Å². The van der Waals surface area contributed by atoms with Crippen molar-refractivity contribution in [2.75, 3.05) is 0 Å². The van der Waals surface area contributed by atoms with Gasteiger partial charge in [-0.25, -0.2) is 4.39 Å². The first-order valence-electron chi connectivity index (χ1n) is 5.33. The number of Topliss-reactive ketones (excluding diaryl/α,β-unsaturated/α-hetero) is 1. The number of halogens is 1.